The van der Waals surface area contributed by atoms with Gasteiger partial charge in [-0.1, -0.05) is 25.0 Å². The molecule has 2 unspecified atom stereocenters. The lowest BCUT2D eigenvalue weighted by Crippen LogP contribution is -2.42. The van der Waals surface area contributed by atoms with Gasteiger partial charge in [0.2, 0.25) is 0 Å². The summed E-state index contributed by atoms with van der Waals surface area (Å²) in [4.78, 5) is 11.9. The second-order valence-corrected chi connectivity index (χ2v) is 8.01. The van der Waals surface area contributed by atoms with Gasteiger partial charge in [0.1, 0.15) is 5.60 Å². The molecule has 1 amide bonds. The van der Waals surface area contributed by atoms with E-state index in [9.17, 15) is 4.79 Å². The number of benzene rings is 1. The minimum Gasteiger partial charge on any atom is -0.444 e. The van der Waals surface area contributed by atoms with Crippen LogP contribution >= 0.6 is 15.9 Å². The van der Waals surface area contributed by atoms with Crippen LogP contribution in [-0.2, 0) is 4.74 Å². The molecule has 1 aliphatic carbocycles. The Hall–Kier alpha value is -1.23. The maximum Gasteiger partial charge on any atom is 0.407 e. The van der Waals surface area contributed by atoms with E-state index in [0.717, 1.165) is 23.0 Å². The summed E-state index contributed by atoms with van der Waals surface area (Å²) in [6, 6.07) is 8.54. The minimum absolute atomic E-state index is 0.331. The van der Waals surface area contributed by atoms with Crippen molar-refractivity contribution in [3.63, 3.8) is 0 Å². The average molecular weight is 383 g/mol. The van der Waals surface area contributed by atoms with E-state index in [4.69, 9.17) is 4.74 Å². The molecular weight excluding hydrogens is 356 g/mol. The van der Waals surface area contributed by atoms with Crippen LogP contribution in [-0.4, -0.2) is 24.3 Å². The summed E-state index contributed by atoms with van der Waals surface area (Å²) >= 11 is 3.59. The second kappa shape index (κ2) is 8.04. The average Bonchev–Trinajstić information content (AvgIpc) is 2.47. The molecule has 0 heterocycles. The fourth-order valence-electron chi connectivity index (χ4n) is 2.95. The fourth-order valence-corrected chi connectivity index (χ4v) is 3.35. The maximum absolute atomic E-state index is 11.9. The minimum atomic E-state index is -0.455. The zero-order chi connectivity index (χ0) is 16.9. The molecule has 5 heteroatoms. The molecule has 2 atom stereocenters. The summed E-state index contributed by atoms with van der Waals surface area (Å²) in [7, 11) is 0. The van der Waals surface area contributed by atoms with Gasteiger partial charge in [0.05, 0.1) is 0 Å². The largest absolute Gasteiger partial charge is 0.444 e. The molecule has 2 N–H and O–H groups in total. The van der Waals surface area contributed by atoms with E-state index >= 15 is 0 Å². The summed E-state index contributed by atoms with van der Waals surface area (Å²) in [5.41, 5.74) is 0.657. The van der Waals surface area contributed by atoms with E-state index in [1.807, 2.05) is 39.0 Å². The van der Waals surface area contributed by atoms with Gasteiger partial charge >= 0.3 is 6.09 Å². The number of hydrogen-bond donors (Lipinski definition) is 2. The Morgan fingerprint density at radius 1 is 1.26 bits per heavy atom. The molecular formula is C18H27BrN2O2. The highest BCUT2D eigenvalue weighted by Gasteiger charge is 2.26. The Labute approximate surface area is 147 Å². The van der Waals surface area contributed by atoms with Crippen LogP contribution in [0.4, 0.5) is 10.5 Å². The number of ether oxygens (including phenoxy) is 1. The smallest absolute Gasteiger partial charge is 0.407 e. The van der Waals surface area contributed by atoms with E-state index in [1.54, 1.807) is 0 Å². The SMILES string of the molecule is CC(C)(C)OC(=O)NCC1CCCCC1Nc1ccccc1Br. The van der Waals surface area contributed by atoms with Gasteiger partial charge in [0.15, 0.2) is 0 Å². The molecule has 0 saturated heterocycles. The molecule has 1 aliphatic rings. The first-order chi connectivity index (χ1) is 10.8. The van der Waals surface area contributed by atoms with Crippen molar-refractivity contribution < 1.29 is 9.53 Å². The Morgan fingerprint density at radius 2 is 1.96 bits per heavy atom. The van der Waals surface area contributed by atoms with E-state index in [0.29, 0.717) is 18.5 Å². The number of rotatable bonds is 4. The van der Waals surface area contributed by atoms with Crippen molar-refractivity contribution in [3.8, 4) is 0 Å². The van der Waals surface area contributed by atoms with Gasteiger partial charge in [-0.15, -0.1) is 0 Å². The number of para-hydroxylation sites is 1. The highest BCUT2D eigenvalue weighted by atomic mass is 79.9. The van der Waals surface area contributed by atoms with Gasteiger partial charge in [-0.3, -0.25) is 0 Å². The van der Waals surface area contributed by atoms with Gasteiger partial charge in [-0.2, -0.15) is 0 Å². The number of carbonyl (C=O) groups is 1. The predicted octanol–water partition coefficient (Wildman–Crippen LogP) is 4.94. The van der Waals surface area contributed by atoms with E-state index in [-0.39, 0.29) is 6.09 Å². The monoisotopic (exact) mass is 382 g/mol. The van der Waals surface area contributed by atoms with Gasteiger partial charge in [-0.25, -0.2) is 4.79 Å². The molecule has 0 aliphatic heterocycles. The summed E-state index contributed by atoms with van der Waals surface area (Å²) in [5.74, 6) is 0.420. The van der Waals surface area contributed by atoms with E-state index in [2.05, 4.69) is 32.6 Å². The third-order valence-electron chi connectivity index (χ3n) is 4.03. The molecule has 0 spiro atoms. The van der Waals surface area contributed by atoms with Crippen molar-refractivity contribution in [1.29, 1.82) is 0 Å². The number of nitrogens with one attached hydrogen (secondary N) is 2. The molecule has 4 nitrogen and oxygen atoms in total. The number of carbonyl (C=O) groups excluding carboxylic acids is 1. The standard InChI is InChI=1S/C18H27BrN2O2/c1-18(2,3)23-17(22)20-12-13-8-4-6-10-15(13)21-16-11-7-5-9-14(16)19/h5,7,9,11,13,15,21H,4,6,8,10,12H2,1-3H3,(H,20,22). The first kappa shape index (κ1) is 18.1. The van der Waals surface area contributed by atoms with Crippen LogP contribution in [0, 0.1) is 5.92 Å². The second-order valence-electron chi connectivity index (χ2n) is 7.16. The number of anilines is 1. The first-order valence-electron chi connectivity index (χ1n) is 8.33. The van der Waals surface area contributed by atoms with Crippen molar-refractivity contribution in [2.75, 3.05) is 11.9 Å². The van der Waals surface area contributed by atoms with Crippen LogP contribution in [0.15, 0.2) is 28.7 Å². The van der Waals surface area contributed by atoms with E-state index < -0.39 is 5.60 Å². The summed E-state index contributed by atoms with van der Waals surface area (Å²) < 4.78 is 6.40. The van der Waals surface area contributed by atoms with Gasteiger partial charge < -0.3 is 15.4 Å². The predicted molar refractivity (Wildman–Crippen MR) is 97.7 cm³/mol. The molecule has 1 aromatic rings. The van der Waals surface area contributed by atoms with Crippen LogP contribution in [0.5, 0.6) is 0 Å². The maximum atomic E-state index is 11.9. The number of alkyl carbamates (subject to hydrolysis) is 1. The molecule has 128 valence electrons. The third kappa shape index (κ3) is 6.05. The Kier molecular flexibility index (Phi) is 6.33. The molecule has 0 radical (unpaired) electrons. The molecule has 0 bridgehead atoms. The topological polar surface area (TPSA) is 50.4 Å². The van der Waals surface area contributed by atoms with Gasteiger partial charge in [0.25, 0.3) is 0 Å². The van der Waals surface area contributed by atoms with Crippen LogP contribution in [0.1, 0.15) is 46.5 Å². The first-order valence-corrected chi connectivity index (χ1v) is 9.12. The number of amides is 1. The molecule has 1 aromatic carbocycles. The normalized spacial score (nSPS) is 21.6. The zero-order valence-corrected chi connectivity index (χ0v) is 15.8. The summed E-state index contributed by atoms with van der Waals surface area (Å²) in [5, 5.41) is 6.56. The Bertz CT molecular complexity index is 528. The van der Waals surface area contributed by atoms with Crippen molar-refractivity contribution in [3.05, 3.63) is 28.7 Å². The van der Waals surface area contributed by atoms with Gasteiger partial charge in [-0.05, 0) is 67.6 Å². The lowest BCUT2D eigenvalue weighted by molar-refractivity contribution is 0.0514. The third-order valence-corrected chi connectivity index (χ3v) is 4.72. The van der Waals surface area contributed by atoms with Crippen molar-refractivity contribution >= 4 is 27.7 Å². The lowest BCUT2D eigenvalue weighted by Gasteiger charge is -2.33. The highest BCUT2D eigenvalue weighted by molar-refractivity contribution is 9.10. The van der Waals surface area contributed by atoms with Crippen LogP contribution < -0.4 is 10.6 Å². The molecule has 2 rings (SSSR count). The Morgan fingerprint density at radius 3 is 2.65 bits per heavy atom. The van der Waals surface area contributed by atoms with Crippen LogP contribution in [0.3, 0.4) is 0 Å². The fraction of sp³-hybridized carbons (Fsp3) is 0.611. The summed E-state index contributed by atoms with van der Waals surface area (Å²) in [6.45, 7) is 6.29. The quantitative estimate of drug-likeness (QED) is 0.774. The zero-order valence-electron chi connectivity index (χ0n) is 14.2. The lowest BCUT2D eigenvalue weighted by atomic mass is 9.84. The van der Waals surface area contributed by atoms with Gasteiger partial charge in [0, 0.05) is 22.7 Å². The number of hydrogen-bond acceptors (Lipinski definition) is 3. The van der Waals surface area contributed by atoms with Crippen molar-refractivity contribution in [2.24, 2.45) is 5.92 Å². The van der Waals surface area contributed by atoms with Crippen LogP contribution in [0.2, 0.25) is 0 Å². The Balaban J connectivity index is 1.91. The van der Waals surface area contributed by atoms with Crippen LogP contribution in [0.25, 0.3) is 0 Å². The number of halogens is 1. The van der Waals surface area contributed by atoms with E-state index in [1.165, 1.54) is 12.8 Å². The molecule has 1 fully saturated rings. The summed E-state index contributed by atoms with van der Waals surface area (Å²) in [6.07, 6.45) is 4.36. The molecule has 23 heavy (non-hydrogen) atoms. The van der Waals surface area contributed by atoms with Crippen molar-refractivity contribution in [2.45, 2.75) is 58.1 Å². The van der Waals surface area contributed by atoms with Crippen molar-refractivity contribution in [1.82, 2.24) is 5.32 Å². The highest BCUT2D eigenvalue weighted by Crippen LogP contribution is 2.30. The molecule has 1 saturated carbocycles. The molecule has 0 aromatic heterocycles.